The van der Waals surface area contributed by atoms with Gasteiger partial charge in [0.1, 0.15) is 11.1 Å². The van der Waals surface area contributed by atoms with Crippen LogP contribution in [0.5, 0.6) is 0 Å². The van der Waals surface area contributed by atoms with Gasteiger partial charge in [0.05, 0.1) is 5.92 Å². The zero-order valence-electron chi connectivity index (χ0n) is 9.95. The van der Waals surface area contributed by atoms with Crippen molar-refractivity contribution in [2.45, 2.75) is 51.2 Å². The quantitative estimate of drug-likeness (QED) is 0.687. The second-order valence-electron chi connectivity index (χ2n) is 5.33. The van der Waals surface area contributed by atoms with Crippen LogP contribution in [0.1, 0.15) is 40.0 Å². The molecule has 0 aromatic heterocycles. The Morgan fingerprint density at radius 2 is 2.00 bits per heavy atom. The Kier molecular flexibility index (Phi) is 3.28. The third-order valence-electron chi connectivity index (χ3n) is 2.78. The van der Waals surface area contributed by atoms with E-state index in [1.54, 1.807) is 20.8 Å². The summed E-state index contributed by atoms with van der Waals surface area (Å²) in [5, 5.41) is 9.01. The van der Waals surface area contributed by atoms with Gasteiger partial charge in [0.2, 0.25) is 0 Å². The van der Waals surface area contributed by atoms with E-state index in [1.165, 1.54) is 0 Å². The third-order valence-corrected chi connectivity index (χ3v) is 2.78. The van der Waals surface area contributed by atoms with Crippen LogP contribution < -0.4 is 5.73 Å². The Balaban J connectivity index is 2.84. The van der Waals surface area contributed by atoms with Crippen molar-refractivity contribution in [2.24, 2.45) is 11.7 Å². The van der Waals surface area contributed by atoms with Gasteiger partial charge in [-0.05, 0) is 33.6 Å². The fourth-order valence-corrected chi connectivity index (χ4v) is 1.99. The molecular weight excluding hydrogens is 210 g/mol. The van der Waals surface area contributed by atoms with E-state index in [-0.39, 0.29) is 0 Å². The van der Waals surface area contributed by atoms with Crippen molar-refractivity contribution in [3.63, 3.8) is 0 Å². The summed E-state index contributed by atoms with van der Waals surface area (Å²) in [5.41, 5.74) is 3.89. The molecule has 0 radical (unpaired) electrons. The molecule has 0 heterocycles. The van der Waals surface area contributed by atoms with Crippen LogP contribution >= 0.6 is 0 Å². The molecule has 1 aliphatic carbocycles. The van der Waals surface area contributed by atoms with Gasteiger partial charge in [-0.15, -0.1) is 0 Å². The summed E-state index contributed by atoms with van der Waals surface area (Å²) in [5.74, 6) is -2.46. The maximum atomic E-state index is 11.9. The summed E-state index contributed by atoms with van der Waals surface area (Å²) >= 11 is 0. The van der Waals surface area contributed by atoms with Crippen LogP contribution in [0.15, 0.2) is 0 Å². The molecule has 0 saturated heterocycles. The Morgan fingerprint density at radius 3 is 2.44 bits per heavy atom. The average molecular weight is 229 g/mol. The fourth-order valence-electron chi connectivity index (χ4n) is 1.99. The lowest BCUT2D eigenvalue weighted by molar-refractivity contribution is -0.167. The van der Waals surface area contributed by atoms with Crippen molar-refractivity contribution in [2.75, 3.05) is 0 Å². The summed E-state index contributed by atoms with van der Waals surface area (Å²) in [6.07, 6.45) is 1.46. The first-order valence-electron chi connectivity index (χ1n) is 5.42. The first kappa shape index (κ1) is 13.0. The second-order valence-corrected chi connectivity index (χ2v) is 5.33. The van der Waals surface area contributed by atoms with Crippen molar-refractivity contribution < 1.29 is 19.4 Å². The Labute approximate surface area is 95.0 Å². The highest BCUT2D eigenvalue weighted by molar-refractivity contribution is 5.88. The molecule has 16 heavy (non-hydrogen) atoms. The molecule has 0 unspecified atom stereocenters. The van der Waals surface area contributed by atoms with Crippen LogP contribution in [0.4, 0.5) is 0 Å². The molecular formula is C11H19NO4. The van der Waals surface area contributed by atoms with Gasteiger partial charge in [-0.2, -0.15) is 0 Å². The Morgan fingerprint density at radius 1 is 1.44 bits per heavy atom. The van der Waals surface area contributed by atoms with Gasteiger partial charge < -0.3 is 15.6 Å². The smallest absolute Gasteiger partial charge is 0.327 e. The second kappa shape index (κ2) is 4.05. The molecule has 0 bridgehead atoms. The van der Waals surface area contributed by atoms with Crippen molar-refractivity contribution >= 4 is 11.9 Å². The number of carboxylic acid groups (broad SMARTS) is 1. The van der Waals surface area contributed by atoms with Gasteiger partial charge in [0.25, 0.3) is 0 Å². The number of esters is 1. The molecule has 92 valence electrons. The lowest BCUT2D eigenvalue weighted by atomic mass is 9.88. The predicted octanol–water partition coefficient (Wildman–Crippen LogP) is 0.910. The van der Waals surface area contributed by atoms with Crippen LogP contribution in [-0.2, 0) is 14.3 Å². The topological polar surface area (TPSA) is 89.6 Å². The van der Waals surface area contributed by atoms with Gasteiger partial charge >= 0.3 is 11.9 Å². The fraction of sp³-hybridized carbons (Fsp3) is 0.818. The maximum Gasteiger partial charge on any atom is 0.327 e. The minimum atomic E-state index is -1.36. The predicted molar refractivity (Wildman–Crippen MR) is 57.7 cm³/mol. The van der Waals surface area contributed by atoms with E-state index < -0.39 is 29.0 Å². The van der Waals surface area contributed by atoms with Crippen molar-refractivity contribution in [1.82, 2.24) is 0 Å². The van der Waals surface area contributed by atoms with E-state index in [0.717, 1.165) is 0 Å². The number of hydrogen-bond acceptors (Lipinski definition) is 4. The molecule has 3 N–H and O–H groups in total. The lowest BCUT2D eigenvalue weighted by Crippen LogP contribution is -2.55. The van der Waals surface area contributed by atoms with Gasteiger partial charge in [-0.3, -0.25) is 9.59 Å². The maximum absolute atomic E-state index is 11.9. The molecule has 5 nitrogen and oxygen atoms in total. The molecule has 1 fully saturated rings. The summed E-state index contributed by atoms with van der Waals surface area (Å²) in [6.45, 7) is 5.21. The monoisotopic (exact) mass is 229 g/mol. The van der Waals surface area contributed by atoms with Crippen LogP contribution in [0.3, 0.4) is 0 Å². The minimum absolute atomic E-state index is 0.374. The average Bonchev–Trinajstić information content (AvgIpc) is 2.45. The van der Waals surface area contributed by atoms with Gasteiger partial charge in [-0.1, -0.05) is 6.42 Å². The van der Waals surface area contributed by atoms with E-state index in [9.17, 15) is 9.59 Å². The molecule has 0 aromatic carbocycles. The van der Waals surface area contributed by atoms with Crippen molar-refractivity contribution in [1.29, 1.82) is 0 Å². The first-order valence-corrected chi connectivity index (χ1v) is 5.42. The number of carbonyl (C=O) groups excluding carboxylic acids is 1. The number of ether oxygens (including phenoxy) is 1. The van der Waals surface area contributed by atoms with Gasteiger partial charge in [-0.25, -0.2) is 0 Å². The molecule has 1 aliphatic rings. The first-order chi connectivity index (χ1) is 7.17. The molecule has 5 heteroatoms. The molecule has 1 rings (SSSR count). The van der Waals surface area contributed by atoms with Crippen molar-refractivity contribution in [3.8, 4) is 0 Å². The van der Waals surface area contributed by atoms with Gasteiger partial charge in [0.15, 0.2) is 0 Å². The summed E-state index contributed by atoms with van der Waals surface area (Å²) in [7, 11) is 0. The molecule has 0 spiro atoms. The highest BCUT2D eigenvalue weighted by Crippen LogP contribution is 2.35. The highest BCUT2D eigenvalue weighted by atomic mass is 16.6. The van der Waals surface area contributed by atoms with E-state index in [0.29, 0.717) is 19.3 Å². The highest BCUT2D eigenvalue weighted by Gasteiger charge is 2.51. The number of carbonyl (C=O) groups is 2. The zero-order valence-corrected chi connectivity index (χ0v) is 9.95. The summed E-state index contributed by atoms with van der Waals surface area (Å²) in [6, 6.07) is 0. The number of hydrogen-bond donors (Lipinski definition) is 2. The molecule has 0 aromatic rings. The SMILES string of the molecule is CC(C)(C)OC(=O)[C@]1(N)CCC[C@@H]1C(=O)O. The van der Waals surface area contributed by atoms with E-state index in [4.69, 9.17) is 15.6 Å². The summed E-state index contributed by atoms with van der Waals surface area (Å²) in [4.78, 5) is 22.9. The number of rotatable bonds is 2. The third kappa shape index (κ3) is 2.52. The van der Waals surface area contributed by atoms with Crippen LogP contribution in [0.2, 0.25) is 0 Å². The van der Waals surface area contributed by atoms with Crippen LogP contribution in [0, 0.1) is 5.92 Å². The van der Waals surface area contributed by atoms with E-state index in [1.807, 2.05) is 0 Å². The van der Waals surface area contributed by atoms with E-state index >= 15 is 0 Å². The lowest BCUT2D eigenvalue weighted by Gasteiger charge is -2.30. The van der Waals surface area contributed by atoms with Crippen molar-refractivity contribution in [3.05, 3.63) is 0 Å². The number of carboxylic acids is 1. The summed E-state index contributed by atoms with van der Waals surface area (Å²) < 4.78 is 5.18. The molecule has 0 amide bonds. The zero-order chi connectivity index (χ0) is 12.6. The Bertz CT molecular complexity index is 308. The molecule has 1 saturated carbocycles. The minimum Gasteiger partial charge on any atom is -0.481 e. The van der Waals surface area contributed by atoms with Crippen LogP contribution in [0.25, 0.3) is 0 Å². The molecule has 0 aliphatic heterocycles. The normalized spacial score (nSPS) is 30.1. The largest absolute Gasteiger partial charge is 0.481 e. The van der Waals surface area contributed by atoms with Gasteiger partial charge in [0, 0.05) is 0 Å². The Hall–Kier alpha value is -1.10. The van der Waals surface area contributed by atoms with E-state index in [2.05, 4.69) is 0 Å². The number of nitrogens with two attached hydrogens (primary N) is 1. The standard InChI is InChI=1S/C11H19NO4/c1-10(2,3)16-9(15)11(12)6-4-5-7(11)8(13)14/h7H,4-6,12H2,1-3H3,(H,13,14)/t7-,11+/m1/s1. The molecule has 2 atom stereocenters. The number of aliphatic carboxylic acids is 1. The van der Waals surface area contributed by atoms with Crippen LogP contribution in [-0.4, -0.2) is 28.2 Å².